The Kier molecular flexibility index (Phi) is 1.53. The lowest BCUT2D eigenvalue weighted by atomic mass is 9.75. The predicted molar refractivity (Wildman–Crippen MR) is 35.2 cm³/mol. The topological polar surface area (TPSA) is 29.5 Å². The van der Waals surface area contributed by atoms with Crippen molar-refractivity contribution in [2.45, 2.75) is 33.0 Å². The van der Waals surface area contributed by atoms with Gasteiger partial charge in [-0.15, -0.1) is 0 Å². The highest BCUT2D eigenvalue weighted by molar-refractivity contribution is 4.94. The van der Waals surface area contributed by atoms with Gasteiger partial charge in [-0.2, -0.15) is 0 Å². The average molecular weight is 130 g/mol. The van der Waals surface area contributed by atoms with Gasteiger partial charge in [-0.3, -0.25) is 0 Å². The zero-order valence-electron chi connectivity index (χ0n) is 6.22. The van der Waals surface area contributed by atoms with Gasteiger partial charge in [-0.25, -0.2) is 0 Å². The van der Waals surface area contributed by atoms with Gasteiger partial charge in [-0.05, 0) is 13.8 Å². The molecule has 1 heterocycles. The molecule has 0 aromatic heterocycles. The minimum absolute atomic E-state index is 0.0139. The normalized spacial score (nSPS) is 50.7. The van der Waals surface area contributed by atoms with E-state index in [0.717, 1.165) is 0 Å². The molecule has 1 N–H and O–H groups in total. The Morgan fingerprint density at radius 3 is 2.00 bits per heavy atom. The summed E-state index contributed by atoms with van der Waals surface area (Å²) in [6, 6.07) is 0. The van der Waals surface area contributed by atoms with E-state index in [4.69, 9.17) is 9.84 Å². The Morgan fingerprint density at radius 2 is 1.89 bits per heavy atom. The van der Waals surface area contributed by atoms with Gasteiger partial charge >= 0.3 is 0 Å². The molecule has 0 radical (unpaired) electrons. The molecular formula is C7H14O2. The molecule has 2 heteroatoms. The number of rotatable bonds is 1. The van der Waals surface area contributed by atoms with Crippen molar-refractivity contribution in [3.05, 3.63) is 0 Å². The van der Waals surface area contributed by atoms with Gasteiger partial charge in [-0.1, -0.05) is 6.92 Å². The SMILES string of the molecule is CC1OC(C)C1(C)CO. The summed E-state index contributed by atoms with van der Waals surface area (Å²) in [7, 11) is 0. The highest BCUT2D eigenvalue weighted by atomic mass is 16.5. The van der Waals surface area contributed by atoms with Crippen molar-refractivity contribution in [2.75, 3.05) is 6.61 Å². The van der Waals surface area contributed by atoms with Crippen LogP contribution in [0.25, 0.3) is 0 Å². The van der Waals surface area contributed by atoms with Crippen LogP contribution in [-0.4, -0.2) is 23.9 Å². The zero-order chi connectivity index (χ0) is 7.07. The van der Waals surface area contributed by atoms with E-state index in [1.807, 2.05) is 20.8 Å². The Labute approximate surface area is 55.8 Å². The van der Waals surface area contributed by atoms with Crippen molar-refractivity contribution < 1.29 is 9.84 Å². The molecule has 1 saturated heterocycles. The molecule has 0 bridgehead atoms. The minimum atomic E-state index is 0.0139. The lowest BCUT2D eigenvalue weighted by Gasteiger charge is -2.50. The van der Waals surface area contributed by atoms with Crippen LogP contribution < -0.4 is 0 Å². The molecule has 1 rings (SSSR count). The molecule has 0 aliphatic carbocycles. The highest BCUT2D eigenvalue weighted by Gasteiger charge is 2.47. The molecule has 1 fully saturated rings. The second-order valence-electron chi connectivity index (χ2n) is 3.08. The number of hydrogen-bond donors (Lipinski definition) is 1. The van der Waals surface area contributed by atoms with Crippen LogP contribution in [0.4, 0.5) is 0 Å². The first kappa shape index (κ1) is 7.03. The van der Waals surface area contributed by atoms with Crippen LogP contribution in [-0.2, 0) is 4.74 Å². The summed E-state index contributed by atoms with van der Waals surface area (Å²) < 4.78 is 5.29. The van der Waals surface area contributed by atoms with E-state index in [1.54, 1.807) is 0 Å². The van der Waals surface area contributed by atoms with Gasteiger partial charge in [0.25, 0.3) is 0 Å². The van der Waals surface area contributed by atoms with Crippen molar-refractivity contribution >= 4 is 0 Å². The van der Waals surface area contributed by atoms with Crippen molar-refractivity contribution in [1.29, 1.82) is 0 Å². The number of ether oxygens (including phenoxy) is 1. The van der Waals surface area contributed by atoms with E-state index in [2.05, 4.69) is 0 Å². The van der Waals surface area contributed by atoms with Gasteiger partial charge in [0.05, 0.1) is 18.8 Å². The Hall–Kier alpha value is -0.0800. The van der Waals surface area contributed by atoms with Crippen LogP contribution in [0, 0.1) is 5.41 Å². The number of aliphatic hydroxyl groups excluding tert-OH is 1. The average Bonchev–Trinajstić information content (AvgIpc) is 1.87. The monoisotopic (exact) mass is 130 g/mol. The minimum Gasteiger partial charge on any atom is -0.396 e. The van der Waals surface area contributed by atoms with Crippen LogP contribution in [0.1, 0.15) is 20.8 Å². The van der Waals surface area contributed by atoms with Crippen LogP contribution in [0.5, 0.6) is 0 Å². The lowest BCUT2D eigenvalue weighted by Crippen LogP contribution is -2.57. The van der Waals surface area contributed by atoms with Crippen molar-refractivity contribution in [1.82, 2.24) is 0 Å². The van der Waals surface area contributed by atoms with Crippen LogP contribution in [0.2, 0.25) is 0 Å². The van der Waals surface area contributed by atoms with Crippen LogP contribution >= 0.6 is 0 Å². The molecule has 54 valence electrons. The first-order valence-electron chi connectivity index (χ1n) is 3.37. The van der Waals surface area contributed by atoms with E-state index < -0.39 is 0 Å². The maximum absolute atomic E-state index is 8.91. The third-order valence-electron chi connectivity index (χ3n) is 2.61. The summed E-state index contributed by atoms with van der Waals surface area (Å²) in [6.07, 6.45) is 0.440. The Bertz CT molecular complexity index is 103. The third-order valence-corrected chi connectivity index (χ3v) is 2.61. The van der Waals surface area contributed by atoms with E-state index in [1.165, 1.54) is 0 Å². The second kappa shape index (κ2) is 1.96. The molecule has 0 spiro atoms. The van der Waals surface area contributed by atoms with Crippen molar-refractivity contribution in [2.24, 2.45) is 5.41 Å². The maximum Gasteiger partial charge on any atom is 0.0651 e. The van der Waals surface area contributed by atoms with Gasteiger partial charge in [0.2, 0.25) is 0 Å². The molecule has 0 aromatic rings. The molecule has 2 atom stereocenters. The molecule has 0 saturated carbocycles. The Morgan fingerprint density at radius 1 is 1.44 bits per heavy atom. The highest BCUT2D eigenvalue weighted by Crippen LogP contribution is 2.39. The first-order chi connectivity index (χ1) is 4.11. The summed E-state index contributed by atoms with van der Waals surface area (Å²) >= 11 is 0. The van der Waals surface area contributed by atoms with Gasteiger partial charge in [0.1, 0.15) is 0 Å². The fourth-order valence-electron chi connectivity index (χ4n) is 1.13. The second-order valence-corrected chi connectivity index (χ2v) is 3.08. The lowest BCUT2D eigenvalue weighted by molar-refractivity contribution is -0.239. The summed E-state index contributed by atoms with van der Waals surface area (Å²) in [6.45, 7) is 6.27. The molecule has 1 aliphatic heterocycles. The van der Waals surface area contributed by atoms with Crippen molar-refractivity contribution in [3.8, 4) is 0 Å². The van der Waals surface area contributed by atoms with Gasteiger partial charge < -0.3 is 9.84 Å². The first-order valence-corrected chi connectivity index (χ1v) is 3.37. The molecule has 0 amide bonds. The molecule has 0 aromatic carbocycles. The standard InChI is InChI=1S/C7H14O2/c1-5-7(3,4-8)6(2)9-5/h5-6,8H,4H2,1-3H3. The van der Waals surface area contributed by atoms with E-state index in [9.17, 15) is 0 Å². The molecule has 2 nitrogen and oxygen atoms in total. The summed E-state index contributed by atoms with van der Waals surface area (Å²) in [5.41, 5.74) is 0.0139. The summed E-state index contributed by atoms with van der Waals surface area (Å²) in [5, 5.41) is 8.91. The van der Waals surface area contributed by atoms with Crippen LogP contribution in [0.15, 0.2) is 0 Å². The quantitative estimate of drug-likeness (QED) is 0.568. The summed E-state index contributed by atoms with van der Waals surface area (Å²) in [4.78, 5) is 0. The maximum atomic E-state index is 8.91. The predicted octanol–water partition coefficient (Wildman–Crippen LogP) is 0.792. The molecule has 2 unspecified atom stereocenters. The van der Waals surface area contributed by atoms with Gasteiger partial charge in [0.15, 0.2) is 0 Å². The number of aliphatic hydroxyl groups is 1. The van der Waals surface area contributed by atoms with Crippen molar-refractivity contribution in [3.63, 3.8) is 0 Å². The smallest absolute Gasteiger partial charge is 0.0651 e. The van der Waals surface area contributed by atoms with E-state index in [0.29, 0.717) is 0 Å². The zero-order valence-corrected chi connectivity index (χ0v) is 6.22. The largest absolute Gasteiger partial charge is 0.396 e. The fourth-order valence-corrected chi connectivity index (χ4v) is 1.13. The van der Waals surface area contributed by atoms with E-state index in [-0.39, 0.29) is 24.2 Å². The number of hydrogen-bond acceptors (Lipinski definition) is 2. The Balaban J connectivity index is 2.55. The van der Waals surface area contributed by atoms with E-state index >= 15 is 0 Å². The molecule has 9 heavy (non-hydrogen) atoms. The molecule has 1 aliphatic rings. The molecular weight excluding hydrogens is 116 g/mol. The fraction of sp³-hybridized carbons (Fsp3) is 1.00. The van der Waals surface area contributed by atoms with Crippen LogP contribution in [0.3, 0.4) is 0 Å². The summed E-state index contributed by atoms with van der Waals surface area (Å²) in [5.74, 6) is 0. The third kappa shape index (κ3) is 0.775. The van der Waals surface area contributed by atoms with Gasteiger partial charge in [0, 0.05) is 5.41 Å².